The van der Waals surface area contributed by atoms with Crippen molar-refractivity contribution >= 4 is 13.5 Å². The summed E-state index contributed by atoms with van der Waals surface area (Å²) < 4.78 is 10.5. The van der Waals surface area contributed by atoms with Crippen molar-refractivity contribution in [2.24, 2.45) is 0 Å². The van der Waals surface area contributed by atoms with Gasteiger partial charge in [0.15, 0.2) is 5.85 Å². The number of nitrogens with one attached hydrogen (secondary N) is 1. The van der Waals surface area contributed by atoms with Crippen LogP contribution >= 0.6 is 7.60 Å². The highest BCUT2D eigenvalue weighted by Crippen LogP contribution is 2.38. The van der Waals surface area contributed by atoms with Gasteiger partial charge in [-0.25, -0.2) is 5.06 Å². The molecule has 0 bridgehead atoms. The lowest BCUT2D eigenvalue weighted by Crippen LogP contribution is -2.39. The van der Waals surface area contributed by atoms with E-state index in [4.69, 9.17) is 26.5 Å². The summed E-state index contributed by atoms with van der Waals surface area (Å²) in [4.78, 5) is 28.2. The first-order valence-corrected chi connectivity index (χ1v) is 6.34. The van der Waals surface area contributed by atoms with E-state index >= 15 is 0 Å². The third-order valence-electron chi connectivity index (χ3n) is 1.75. The van der Waals surface area contributed by atoms with E-state index in [2.05, 4.69) is 11.2 Å². The van der Waals surface area contributed by atoms with Gasteiger partial charge in [0.1, 0.15) is 0 Å². The predicted molar refractivity (Wildman–Crippen MR) is 57.9 cm³/mol. The fraction of sp³-hybridized carbons (Fsp3) is 0.625. The van der Waals surface area contributed by atoms with E-state index in [1.807, 2.05) is 0 Å². The van der Waals surface area contributed by atoms with Crippen molar-refractivity contribution in [1.82, 2.24) is 10.4 Å². The molecule has 0 saturated carbocycles. The second-order valence-electron chi connectivity index (χ2n) is 3.17. The van der Waals surface area contributed by atoms with E-state index in [0.29, 0.717) is 5.06 Å². The molecule has 0 aliphatic carbocycles. The van der Waals surface area contributed by atoms with Gasteiger partial charge < -0.3 is 20.2 Å². The third kappa shape index (κ3) is 7.07. The van der Waals surface area contributed by atoms with Gasteiger partial charge in [0, 0.05) is 13.0 Å². The molecular weight excluding hydrogens is 251 g/mol. The molecule has 8 nitrogen and oxygen atoms in total. The summed E-state index contributed by atoms with van der Waals surface area (Å²) in [7, 11) is -4.58. The van der Waals surface area contributed by atoms with Gasteiger partial charge in [-0.2, -0.15) is 0 Å². The van der Waals surface area contributed by atoms with Crippen LogP contribution in [0.4, 0.5) is 0 Å². The SMILES string of the molecule is C#CCCN(O)C(=O)CNCC(O)P(=O)(O)O. The number of carbonyl (C=O) groups excluding carboxylic acids is 1. The largest absolute Gasteiger partial charge is 0.379 e. The zero-order chi connectivity index (χ0) is 13.5. The molecule has 0 aromatic rings. The molecule has 0 aliphatic rings. The zero-order valence-electron chi connectivity index (χ0n) is 8.98. The van der Waals surface area contributed by atoms with Gasteiger partial charge in [-0.1, -0.05) is 0 Å². The summed E-state index contributed by atoms with van der Waals surface area (Å²) >= 11 is 0. The first kappa shape index (κ1) is 16.1. The summed E-state index contributed by atoms with van der Waals surface area (Å²) in [6, 6.07) is 0. The molecule has 1 amide bonds. The Morgan fingerprint density at radius 2 is 2.12 bits per heavy atom. The molecule has 0 rings (SSSR count). The fourth-order valence-corrected chi connectivity index (χ4v) is 1.18. The molecule has 0 aromatic carbocycles. The Morgan fingerprint density at radius 3 is 2.59 bits per heavy atom. The predicted octanol–water partition coefficient (Wildman–Crippen LogP) is -1.69. The molecule has 98 valence electrons. The minimum Gasteiger partial charge on any atom is -0.379 e. The Labute approximate surface area is 98.4 Å². The number of terminal acetylenes is 1. The van der Waals surface area contributed by atoms with Crippen LogP contribution in [0.25, 0.3) is 0 Å². The molecule has 0 spiro atoms. The maximum absolute atomic E-state index is 11.1. The van der Waals surface area contributed by atoms with Crippen LogP contribution in [0, 0.1) is 12.3 Å². The van der Waals surface area contributed by atoms with E-state index in [9.17, 15) is 9.36 Å². The van der Waals surface area contributed by atoms with E-state index in [0.717, 1.165) is 0 Å². The highest BCUT2D eigenvalue weighted by molar-refractivity contribution is 7.52. The standard InChI is InChI=1S/C8H15N2O6P/c1-2-3-4-10(13)7(11)5-9-6-8(12)17(14,15)16/h1,8-9,12-13H,3-6H2,(H2,14,15,16). The van der Waals surface area contributed by atoms with Crippen LogP contribution in [0.15, 0.2) is 0 Å². The van der Waals surface area contributed by atoms with E-state index in [1.54, 1.807) is 0 Å². The lowest BCUT2D eigenvalue weighted by molar-refractivity contribution is -0.163. The van der Waals surface area contributed by atoms with Crippen LogP contribution in [0.3, 0.4) is 0 Å². The van der Waals surface area contributed by atoms with Gasteiger partial charge >= 0.3 is 7.60 Å². The Kier molecular flexibility index (Phi) is 6.99. The lowest BCUT2D eigenvalue weighted by Gasteiger charge is -2.16. The zero-order valence-corrected chi connectivity index (χ0v) is 9.88. The molecule has 0 aromatic heterocycles. The number of hydroxylamine groups is 2. The number of carbonyl (C=O) groups is 1. The maximum atomic E-state index is 11.1. The Hall–Kier alpha value is -0.940. The Morgan fingerprint density at radius 1 is 1.53 bits per heavy atom. The summed E-state index contributed by atoms with van der Waals surface area (Å²) in [5.41, 5.74) is 0. The number of amides is 1. The number of aliphatic hydroxyl groups is 1. The van der Waals surface area contributed by atoms with Crippen molar-refractivity contribution < 1.29 is 29.5 Å². The molecule has 1 unspecified atom stereocenters. The van der Waals surface area contributed by atoms with E-state index in [-0.39, 0.29) is 19.5 Å². The minimum absolute atomic E-state index is 0.0297. The molecule has 0 radical (unpaired) electrons. The van der Waals surface area contributed by atoms with Crippen LogP contribution in [0.2, 0.25) is 0 Å². The minimum atomic E-state index is -4.58. The number of hydrogen-bond donors (Lipinski definition) is 5. The van der Waals surface area contributed by atoms with Gasteiger partial charge in [-0.05, 0) is 0 Å². The molecule has 17 heavy (non-hydrogen) atoms. The molecule has 0 saturated heterocycles. The van der Waals surface area contributed by atoms with Crippen molar-refractivity contribution in [2.45, 2.75) is 12.3 Å². The maximum Gasteiger partial charge on any atom is 0.355 e. The van der Waals surface area contributed by atoms with Gasteiger partial charge in [-0.3, -0.25) is 14.6 Å². The molecule has 1 atom stereocenters. The number of nitrogens with zero attached hydrogens (tertiary/aromatic N) is 1. The second-order valence-corrected chi connectivity index (χ2v) is 4.95. The number of aliphatic hydroxyl groups excluding tert-OH is 1. The third-order valence-corrected chi connectivity index (χ3v) is 2.71. The van der Waals surface area contributed by atoms with Crippen LogP contribution in [0.1, 0.15) is 6.42 Å². The monoisotopic (exact) mass is 266 g/mol. The molecular formula is C8H15N2O6P. The van der Waals surface area contributed by atoms with Crippen LogP contribution in [0.5, 0.6) is 0 Å². The van der Waals surface area contributed by atoms with Crippen molar-refractivity contribution in [3.05, 3.63) is 0 Å². The molecule has 5 N–H and O–H groups in total. The lowest BCUT2D eigenvalue weighted by atomic mass is 10.4. The number of rotatable bonds is 7. The smallest absolute Gasteiger partial charge is 0.355 e. The average molecular weight is 266 g/mol. The summed E-state index contributed by atoms with van der Waals surface area (Å²) in [6.07, 6.45) is 5.12. The normalized spacial score (nSPS) is 12.9. The molecule has 9 heteroatoms. The van der Waals surface area contributed by atoms with Crippen molar-refractivity contribution in [2.75, 3.05) is 19.6 Å². The molecule has 0 aliphatic heterocycles. The van der Waals surface area contributed by atoms with Gasteiger partial charge in [0.25, 0.3) is 5.91 Å². The van der Waals surface area contributed by atoms with E-state index < -0.39 is 25.9 Å². The number of hydrogen-bond acceptors (Lipinski definition) is 5. The Bertz CT molecular complexity index is 335. The van der Waals surface area contributed by atoms with Crippen LogP contribution in [-0.4, -0.2) is 56.6 Å². The van der Waals surface area contributed by atoms with Crippen molar-refractivity contribution in [1.29, 1.82) is 0 Å². The fourth-order valence-electron chi connectivity index (χ4n) is 0.814. The highest BCUT2D eigenvalue weighted by atomic mass is 31.2. The second kappa shape index (κ2) is 7.40. The van der Waals surface area contributed by atoms with Crippen LogP contribution in [-0.2, 0) is 9.36 Å². The van der Waals surface area contributed by atoms with Gasteiger partial charge in [-0.15, -0.1) is 12.3 Å². The van der Waals surface area contributed by atoms with Gasteiger partial charge in [0.2, 0.25) is 0 Å². The first-order chi connectivity index (χ1) is 7.79. The van der Waals surface area contributed by atoms with Crippen LogP contribution < -0.4 is 5.32 Å². The summed E-state index contributed by atoms with van der Waals surface area (Å²) in [6.45, 7) is -0.852. The van der Waals surface area contributed by atoms with Gasteiger partial charge in [0.05, 0.1) is 13.1 Å². The molecule has 0 heterocycles. The summed E-state index contributed by atoms with van der Waals surface area (Å²) in [5, 5.41) is 20.7. The highest BCUT2D eigenvalue weighted by Gasteiger charge is 2.25. The van der Waals surface area contributed by atoms with E-state index in [1.165, 1.54) is 0 Å². The topological polar surface area (TPSA) is 130 Å². The molecule has 0 fully saturated rings. The quantitative estimate of drug-likeness (QED) is 0.161. The average Bonchev–Trinajstić information content (AvgIpc) is 2.24. The summed E-state index contributed by atoms with van der Waals surface area (Å²) in [5.74, 6) is -0.361. The van der Waals surface area contributed by atoms with Crippen molar-refractivity contribution in [3.63, 3.8) is 0 Å². The Balaban J connectivity index is 3.86. The van der Waals surface area contributed by atoms with Crippen molar-refractivity contribution in [3.8, 4) is 12.3 Å². The first-order valence-electron chi connectivity index (χ1n) is 4.65.